The van der Waals surface area contributed by atoms with E-state index >= 15 is 0 Å². The van der Waals surface area contributed by atoms with Crippen molar-refractivity contribution in [2.45, 2.75) is 0 Å². The molecule has 9 heteroatoms. The highest BCUT2D eigenvalue weighted by Crippen LogP contribution is 2.43. The van der Waals surface area contributed by atoms with Crippen LogP contribution in [0.15, 0.2) is 72.8 Å². The van der Waals surface area contributed by atoms with E-state index in [-0.39, 0.29) is 5.11 Å². The SMILES string of the molecule is O=C1c2c(c3c4ccccc4[nH]c3c3[nH]c4ccccc4c23)C(=O)N1NC(=S)Nc1cccc(Cl)c1. The fourth-order valence-electron chi connectivity index (χ4n) is 5.10. The van der Waals surface area contributed by atoms with Crippen LogP contribution in [-0.2, 0) is 0 Å². The minimum absolute atomic E-state index is 0.0945. The second-order valence-electron chi connectivity index (χ2n) is 8.61. The van der Waals surface area contributed by atoms with Crippen molar-refractivity contribution >= 4 is 90.0 Å². The van der Waals surface area contributed by atoms with Gasteiger partial charge in [-0.05, 0) is 42.5 Å². The number of para-hydroxylation sites is 2. The maximum Gasteiger partial charge on any atom is 0.281 e. The lowest BCUT2D eigenvalue weighted by Crippen LogP contribution is -2.47. The van der Waals surface area contributed by atoms with Crippen molar-refractivity contribution in [2.75, 3.05) is 5.32 Å². The number of H-pyrrole nitrogens is 2. The first kappa shape index (κ1) is 20.9. The van der Waals surface area contributed by atoms with Crippen LogP contribution in [0.25, 0.3) is 43.6 Å². The number of aromatic amines is 2. The number of hydrogen-bond acceptors (Lipinski definition) is 3. The van der Waals surface area contributed by atoms with Crippen LogP contribution in [0.5, 0.6) is 0 Å². The molecule has 0 aliphatic carbocycles. The number of fused-ring (bicyclic) bond motifs is 10. The van der Waals surface area contributed by atoms with Crippen LogP contribution in [0.4, 0.5) is 5.69 Å². The number of hydrogen-bond donors (Lipinski definition) is 4. The molecule has 0 bridgehead atoms. The number of amides is 2. The van der Waals surface area contributed by atoms with Gasteiger partial charge in [0.2, 0.25) is 0 Å². The summed E-state index contributed by atoms with van der Waals surface area (Å²) in [6.45, 7) is 0. The van der Waals surface area contributed by atoms with E-state index in [1.165, 1.54) is 0 Å². The van der Waals surface area contributed by atoms with Gasteiger partial charge in [0.25, 0.3) is 11.8 Å². The quantitative estimate of drug-likeness (QED) is 0.167. The molecule has 7 nitrogen and oxygen atoms in total. The number of nitrogens with one attached hydrogen (secondary N) is 4. The Balaban J connectivity index is 1.44. The van der Waals surface area contributed by atoms with Crippen molar-refractivity contribution in [3.05, 3.63) is 88.9 Å². The minimum atomic E-state index is -0.466. The van der Waals surface area contributed by atoms with Crippen molar-refractivity contribution in [1.29, 1.82) is 0 Å². The molecule has 1 aliphatic heterocycles. The summed E-state index contributed by atoms with van der Waals surface area (Å²) in [7, 11) is 0. The van der Waals surface area contributed by atoms with Crippen molar-refractivity contribution in [3.8, 4) is 0 Å². The first-order valence-corrected chi connectivity index (χ1v) is 12.0. The Morgan fingerprint density at radius 2 is 1.33 bits per heavy atom. The zero-order chi connectivity index (χ0) is 24.6. The average molecular weight is 510 g/mol. The van der Waals surface area contributed by atoms with E-state index in [1.807, 2.05) is 48.5 Å². The Labute approximate surface area is 214 Å². The van der Waals surface area contributed by atoms with Gasteiger partial charge in [0.15, 0.2) is 5.11 Å². The Hall–Kier alpha value is -4.40. The Morgan fingerprint density at radius 1 is 0.778 bits per heavy atom. The molecule has 0 unspecified atom stereocenters. The van der Waals surface area contributed by atoms with Gasteiger partial charge in [0.1, 0.15) is 0 Å². The molecule has 4 aromatic carbocycles. The number of carbonyl (C=O) groups is 2. The zero-order valence-electron chi connectivity index (χ0n) is 18.5. The van der Waals surface area contributed by atoms with Crippen LogP contribution in [0.3, 0.4) is 0 Å². The second-order valence-corrected chi connectivity index (χ2v) is 9.46. The number of benzene rings is 4. The van der Waals surface area contributed by atoms with Crippen molar-refractivity contribution in [2.24, 2.45) is 0 Å². The number of aromatic nitrogens is 2. The van der Waals surface area contributed by atoms with Gasteiger partial charge in [-0.2, -0.15) is 5.01 Å². The third-order valence-electron chi connectivity index (χ3n) is 6.54. The van der Waals surface area contributed by atoms with E-state index in [0.29, 0.717) is 32.6 Å². The van der Waals surface area contributed by atoms with Gasteiger partial charge in [-0.1, -0.05) is 54.1 Å². The monoisotopic (exact) mass is 509 g/mol. The first-order valence-electron chi connectivity index (χ1n) is 11.2. The largest absolute Gasteiger partial charge is 0.353 e. The maximum absolute atomic E-state index is 13.8. The number of thiocarbonyl (C=S) groups is 1. The van der Waals surface area contributed by atoms with Crippen LogP contribution in [-0.4, -0.2) is 31.9 Å². The summed E-state index contributed by atoms with van der Waals surface area (Å²) in [5.74, 6) is -0.931. The van der Waals surface area contributed by atoms with E-state index in [2.05, 4.69) is 20.7 Å². The molecule has 2 aromatic heterocycles. The highest BCUT2D eigenvalue weighted by Gasteiger charge is 2.41. The van der Waals surface area contributed by atoms with Gasteiger partial charge in [0.05, 0.1) is 22.2 Å². The van der Waals surface area contributed by atoms with E-state index < -0.39 is 11.8 Å². The van der Waals surface area contributed by atoms with Crippen LogP contribution < -0.4 is 10.7 Å². The number of nitrogens with zero attached hydrogens (tertiary/aromatic N) is 1. The lowest BCUT2D eigenvalue weighted by atomic mass is 9.97. The number of imide groups is 1. The van der Waals surface area contributed by atoms with Crippen LogP contribution >= 0.6 is 23.8 Å². The summed E-state index contributed by atoms with van der Waals surface area (Å²) in [6, 6.07) is 22.5. The summed E-state index contributed by atoms with van der Waals surface area (Å²) in [5.41, 5.74) is 7.45. The second kappa shape index (κ2) is 7.55. The Kier molecular flexibility index (Phi) is 4.39. The molecule has 0 spiro atoms. The molecule has 36 heavy (non-hydrogen) atoms. The topological polar surface area (TPSA) is 93.0 Å². The molecule has 2 amide bonds. The summed E-state index contributed by atoms with van der Waals surface area (Å²) in [5, 5.41) is 7.73. The number of rotatable bonds is 2. The molecule has 0 fully saturated rings. The Bertz CT molecular complexity index is 1830. The third kappa shape index (κ3) is 2.89. The fraction of sp³-hybridized carbons (Fsp3) is 0. The van der Waals surface area contributed by atoms with Crippen molar-refractivity contribution in [3.63, 3.8) is 0 Å². The van der Waals surface area contributed by atoms with E-state index in [4.69, 9.17) is 23.8 Å². The van der Waals surface area contributed by atoms with Gasteiger partial charge < -0.3 is 15.3 Å². The smallest absolute Gasteiger partial charge is 0.281 e. The van der Waals surface area contributed by atoms with Crippen molar-refractivity contribution in [1.82, 2.24) is 20.4 Å². The predicted octanol–water partition coefficient (Wildman–Crippen LogP) is 6.11. The number of anilines is 1. The molecular formula is C27H16ClN5O2S. The molecule has 7 rings (SSSR count). The first-order chi connectivity index (χ1) is 17.5. The normalized spacial score (nSPS) is 13.3. The molecule has 0 atom stereocenters. The third-order valence-corrected chi connectivity index (χ3v) is 6.97. The van der Waals surface area contributed by atoms with E-state index in [0.717, 1.165) is 37.8 Å². The standard InChI is InChI=1S/C27H16ClN5O2S/c28-13-6-5-7-14(12-13)29-27(36)32-33-25(34)21-19-15-8-1-3-10-17(15)30-23(19)24-20(22(21)26(33)35)16-9-2-4-11-18(16)31-24/h1-12,30-31H,(H2,29,32,36). The molecule has 3 heterocycles. The maximum atomic E-state index is 13.8. The number of carbonyl (C=O) groups excluding carboxylic acids is 2. The number of hydrazine groups is 1. The highest BCUT2D eigenvalue weighted by molar-refractivity contribution is 7.80. The van der Waals surface area contributed by atoms with E-state index in [9.17, 15) is 9.59 Å². The van der Waals surface area contributed by atoms with Gasteiger partial charge in [-0.15, -0.1) is 0 Å². The van der Waals surface area contributed by atoms with E-state index in [1.54, 1.807) is 24.3 Å². The number of halogens is 1. The molecule has 174 valence electrons. The van der Waals surface area contributed by atoms with Crippen LogP contribution in [0, 0.1) is 0 Å². The van der Waals surface area contributed by atoms with Crippen molar-refractivity contribution < 1.29 is 9.59 Å². The molecule has 0 saturated heterocycles. The summed E-state index contributed by atoms with van der Waals surface area (Å²) in [4.78, 5) is 34.5. The van der Waals surface area contributed by atoms with Gasteiger partial charge >= 0.3 is 0 Å². The summed E-state index contributed by atoms with van der Waals surface area (Å²) in [6.07, 6.45) is 0. The lowest BCUT2D eigenvalue weighted by molar-refractivity contribution is 0.0614. The zero-order valence-corrected chi connectivity index (χ0v) is 20.1. The highest BCUT2D eigenvalue weighted by atomic mass is 35.5. The fourth-order valence-corrected chi connectivity index (χ4v) is 5.50. The van der Waals surface area contributed by atoms with Gasteiger partial charge in [-0.3, -0.25) is 15.0 Å². The molecule has 4 N–H and O–H groups in total. The molecule has 6 aromatic rings. The van der Waals surface area contributed by atoms with Crippen LogP contribution in [0.2, 0.25) is 5.02 Å². The van der Waals surface area contributed by atoms with Gasteiger partial charge in [0, 0.05) is 43.3 Å². The molecule has 1 aliphatic rings. The lowest BCUT2D eigenvalue weighted by Gasteiger charge is -2.18. The molecular weight excluding hydrogens is 494 g/mol. The summed E-state index contributed by atoms with van der Waals surface area (Å²) >= 11 is 11.5. The predicted molar refractivity (Wildman–Crippen MR) is 146 cm³/mol. The summed E-state index contributed by atoms with van der Waals surface area (Å²) < 4.78 is 0. The molecule has 0 saturated carbocycles. The molecule has 0 radical (unpaired) electrons. The average Bonchev–Trinajstić information content (AvgIpc) is 3.51. The Morgan fingerprint density at radius 3 is 1.89 bits per heavy atom. The van der Waals surface area contributed by atoms with Crippen LogP contribution in [0.1, 0.15) is 20.7 Å². The van der Waals surface area contributed by atoms with Gasteiger partial charge in [-0.25, -0.2) is 0 Å². The minimum Gasteiger partial charge on any atom is -0.353 e.